The van der Waals surface area contributed by atoms with Crippen molar-refractivity contribution < 1.29 is 0 Å². The number of nitrogens with one attached hydrogen (secondary N) is 1. The molecule has 0 bridgehead atoms. The van der Waals surface area contributed by atoms with E-state index in [1.807, 2.05) is 0 Å². The molecule has 1 N–H and O–H groups in total. The summed E-state index contributed by atoms with van der Waals surface area (Å²) in [6.07, 6.45) is 6.93. The van der Waals surface area contributed by atoms with E-state index in [0.29, 0.717) is 12.0 Å². The van der Waals surface area contributed by atoms with Crippen molar-refractivity contribution in [1.29, 1.82) is 0 Å². The Morgan fingerprint density at radius 3 is 2.64 bits per heavy atom. The molecule has 2 aliphatic rings. The largest absolute Gasteiger partial charge is 0.369 e. The first-order chi connectivity index (χ1) is 6.75. The van der Waals surface area contributed by atoms with Crippen LogP contribution in [0.5, 0.6) is 0 Å². The molecule has 1 atom stereocenters. The molecule has 0 amide bonds. The van der Waals surface area contributed by atoms with Crippen LogP contribution >= 0.6 is 0 Å². The Balaban J connectivity index is 1.77. The molecule has 0 aromatic carbocycles. The summed E-state index contributed by atoms with van der Waals surface area (Å²) in [6, 6.07) is 0.603. The number of nitrogens with zero attached hydrogens (tertiary/aromatic N) is 1. The molecule has 2 heteroatoms. The smallest absolute Gasteiger partial charge is 0.0969 e. The fourth-order valence-corrected chi connectivity index (χ4v) is 2.50. The molecule has 0 saturated heterocycles. The third-order valence-electron chi connectivity index (χ3n) is 3.59. The molecule has 0 aromatic rings. The minimum absolute atomic E-state index is 0.603. The van der Waals surface area contributed by atoms with Crippen molar-refractivity contribution in [2.24, 2.45) is 16.8 Å². The molecule has 14 heavy (non-hydrogen) atoms. The zero-order valence-electron chi connectivity index (χ0n) is 9.42. The molecule has 0 spiro atoms. The lowest BCUT2D eigenvalue weighted by molar-refractivity contribution is 0.478. The highest BCUT2D eigenvalue weighted by molar-refractivity contribution is 5.84. The highest BCUT2D eigenvalue weighted by Gasteiger charge is 2.23. The van der Waals surface area contributed by atoms with Gasteiger partial charge >= 0.3 is 0 Å². The van der Waals surface area contributed by atoms with E-state index < -0.39 is 0 Å². The normalized spacial score (nSPS) is 28.2. The first-order valence-electron chi connectivity index (χ1n) is 6.05. The summed E-state index contributed by atoms with van der Waals surface area (Å²) in [4.78, 5) is 4.61. The quantitative estimate of drug-likeness (QED) is 0.733. The first kappa shape index (κ1) is 10.0. The average molecular weight is 194 g/mol. The van der Waals surface area contributed by atoms with Crippen molar-refractivity contribution in [2.75, 3.05) is 6.54 Å². The molecule has 0 radical (unpaired) electrons. The van der Waals surface area contributed by atoms with Crippen LogP contribution in [-0.2, 0) is 0 Å². The van der Waals surface area contributed by atoms with E-state index in [1.54, 1.807) is 0 Å². The first-order valence-corrected chi connectivity index (χ1v) is 6.05. The minimum Gasteiger partial charge on any atom is -0.369 e. The van der Waals surface area contributed by atoms with Crippen LogP contribution in [0.25, 0.3) is 0 Å². The number of rotatable bonds is 3. The molecule has 80 valence electrons. The molecule has 1 fully saturated rings. The standard InChI is InChI=1S/C12H22N2/c1-9(2)11-8-13-12(14-11)7-10-5-3-4-6-10/h9-11H,3-8H2,1-2H3,(H,13,14)/t11-/m1/s1. The molecule has 1 heterocycles. The van der Waals surface area contributed by atoms with Crippen LogP contribution in [0.4, 0.5) is 0 Å². The van der Waals surface area contributed by atoms with E-state index in [-0.39, 0.29) is 0 Å². The van der Waals surface area contributed by atoms with Crippen LogP contribution in [0.3, 0.4) is 0 Å². The van der Waals surface area contributed by atoms with Gasteiger partial charge in [0, 0.05) is 12.5 Å². The van der Waals surface area contributed by atoms with Gasteiger partial charge in [0.1, 0.15) is 0 Å². The van der Waals surface area contributed by atoms with Gasteiger partial charge in [0.15, 0.2) is 0 Å². The second-order valence-corrected chi connectivity index (χ2v) is 5.14. The Morgan fingerprint density at radius 2 is 2.07 bits per heavy atom. The van der Waals surface area contributed by atoms with Crippen molar-refractivity contribution in [1.82, 2.24) is 5.32 Å². The highest BCUT2D eigenvalue weighted by Crippen LogP contribution is 2.28. The summed E-state index contributed by atoms with van der Waals surface area (Å²) >= 11 is 0. The maximum Gasteiger partial charge on any atom is 0.0969 e. The van der Waals surface area contributed by atoms with E-state index in [0.717, 1.165) is 12.5 Å². The fraction of sp³-hybridized carbons (Fsp3) is 0.917. The van der Waals surface area contributed by atoms with Crippen LogP contribution in [0.15, 0.2) is 4.99 Å². The lowest BCUT2D eigenvalue weighted by atomic mass is 10.0. The van der Waals surface area contributed by atoms with Crippen LogP contribution in [0.2, 0.25) is 0 Å². The van der Waals surface area contributed by atoms with E-state index in [9.17, 15) is 0 Å². The number of hydrogen-bond donors (Lipinski definition) is 1. The Hall–Kier alpha value is -0.530. The van der Waals surface area contributed by atoms with Crippen molar-refractivity contribution in [2.45, 2.75) is 52.0 Å². The maximum absolute atomic E-state index is 4.61. The van der Waals surface area contributed by atoms with Gasteiger partial charge in [-0.25, -0.2) is 0 Å². The molecule has 2 nitrogen and oxygen atoms in total. The van der Waals surface area contributed by atoms with Gasteiger partial charge in [0.25, 0.3) is 0 Å². The average Bonchev–Trinajstić information content (AvgIpc) is 2.75. The van der Waals surface area contributed by atoms with Gasteiger partial charge in [0.2, 0.25) is 0 Å². The SMILES string of the molecule is CC(C)[C@H]1CN=C(CC2CCCC2)N1. The summed E-state index contributed by atoms with van der Waals surface area (Å²) < 4.78 is 0. The van der Waals surface area contributed by atoms with Gasteiger partial charge in [-0.2, -0.15) is 0 Å². The van der Waals surface area contributed by atoms with Crippen LogP contribution in [-0.4, -0.2) is 18.4 Å². The van der Waals surface area contributed by atoms with Gasteiger partial charge in [-0.3, -0.25) is 4.99 Å². The fourth-order valence-electron chi connectivity index (χ4n) is 2.50. The molecule has 1 aliphatic carbocycles. The van der Waals surface area contributed by atoms with Gasteiger partial charge in [-0.15, -0.1) is 0 Å². The zero-order valence-corrected chi connectivity index (χ0v) is 9.42. The Bertz CT molecular complexity index is 214. The highest BCUT2D eigenvalue weighted by atomic mass is 15.1. The van der Waals surface area contributed by atoms with Crippen LogP contribution < -0.4 is 5.32 Å². The number of amidine groups is 1. The summed E-state index contributed by atoms with van der Waals surface area (Å²) in [5.41, 5.74) is 0. The Morgan fingerprint density at radius 1 is 1.36 bits per heavy atom. The minimum atomic E-state index is 0.603. The zero-order chi connectivity index (χ0) is 9.97. The van der Waals surface area contributed by atoms with Crippen molar-refractivity contribution in [3.8, 4) is 0 Å². The number of hydrogen-bond acceptors (Lipinski definition) is 2. The predicted octanol–water partition coefficient (Wildman–Crippen LogP) is 2.59. The third kappa shape index (κ3) is 2.28. The number of aliphatic imine (C=N–C) groups is 1. The maximum atomic E-state index is 4.61. The predicted molar refractivity (Wildman–Crippen MR) is 60.6 cm³/mol. The molecular weight excluding hydrogens is 172 g/mol. The molecule has 2 rings (SSSR count). The second-order valence-electron chi connectivity index (χ2n) is 5.14. The molecule has 0 aromatic heterocycles. The Labute approximate surface area is 87.2 Å². The van der Waals surface area contributed by atoms with E-state index in [4.69, 9.17) is 0 Å². The van der Waals surface area contributed by atoms with Crippen LogP contribution in [0.1, 0.15) is 46.0 Å². The molecular formula is C12H22N2. The van der Waals surface area contributed by atoms with Crippen molar-refractivity contribution >= 4 is 5.84 Å². The third-order valence-corrected chi connectivity index (χ3v) is 3.59. The van der Waals surface area contributed by atoms with Gasteiger partial charge in [-0.1, -0.05) is 39.5 Å². The monoisotopic (exact) mass is 194 g/mol. The molecule has 1 aliphatic heterocycles. The van der Waals surface area contributed by atoms with Crippen molar-refractivity contribution in [3.63, 3.8) is 0 Å². The summed E-state index contributed by atoms with van der Waals surface area (Å²) in [5.74, 6) is 2.92. The Kier molecular flexibility index (Phi) is 3.09. The van der Waals surface area contributed by atoms with Gasteiger partial charge in [-0.05, 0) is 11.8 Å². The summed E-state index contributed by atoms with van der Waals surface area (Å²) in [5, 5.41) is 3.57. The van der Waals surface area contributed by atoms with Crippen LogP contribution in [0, 0.1) is 11.8 Å². The van der Waals surface area contributed by atoms with E-state index >= 15 is 0 Å². The lowest BCUT2D eigenvalue weighted by Gasteiger charge is -2.16. The molecule has 0 unspecified atom stereocenters. The molecule has 1 saturated carbocycles. The summed E-state index contributed by atoms with van der Waals surface area (Å²) in [6.45, 7) is 5.54. The van der Waals surface area contributed by atoms with Crippen molar-refractivity contribution in [3.05, 3.63) is 0 Å². The summed E-state index contributed by atoms with van der Waals surface area (Å²) in [7, 11) is 0. The van der Waals surface area contributed by atoms with E-state index in [1.165, 1.54) is 37.9 Å². The topological polar surface area (TPSA) is 24.4 Å². The van der Waals surface area contributed by atoms with Gasteiger partial charge in [0.05, 0.1) is 12.4 Å². The van der Waals surface area contributed by atoms with Gasteiger partial charge < -0.3 is 5.32 Å². The second kappa shape index (κ2) is 4.33. The van der Waals surface area contributed by atoms with E-state index in [2.05, 4.69) is 24.2 Å². The lowest BCUT2D eigenvalue weighted by Crippen LogP contribution is -2.35.